The number of hydrogen-bond donors (Lipinski definition) is 1. The van der Waals surface area contributed by atoms with E-state index in [9.17, 15) is 8.78 Å². The van der Waals surface area contributed by atoms with Crippen molar-refractivity contribution >= 4 is 11.8 Å². The highest BCUT2D eigenvalue weighted by Crippen LogP contribution is 2.31. The summed E-state index contributed by atoms with van der Waals surface area (Å²) in [7, 11) is 0. The first-order chi connectivity index (χ1) is 10.1. The number of hydrogen-bond acceptors (Lipinski definition) is 2. The molecule has 0 aliphatic rings. The second-order valence-electron chi connectivity index (χ2n) is 4.76. The molecule has 2 aromatic carbocycles. The van der Waals surface area contributed by atoms with Gasteiger partial charge in [-0.05, 0) is 42.8 Å². The van der Waals surface area contributed by atoms with Gasteiger partial charge in [0.05, 0.1) is 0 Å². The Labute approximate surface area is 128 Å². The first-order valence-electron chi connectivity index (χ1n) is 7.10. The highest BCUT2D eigenvalue weighted by Gasteiger charge is 2.09. The van der Waals surface area contributed by atoms with Crippen LogP contribution in [0, 0.1) is 11.6 Å². The molecule has 4 heteroatoms. The molecule has 112 valence electrons. The van der Waals surface area contributed by atoms with E-state index in [4.69, 9.17) is 0 Å². The first kappa shape index (κ1) is 16.0. The highest BCUT2D eigenvalue weighted by atomic mass is 32.2. The van der Waals surface area contributed by atoms with Crippen molar-refractivity contribution in [1.29, 1.82) is 0 Å². The van der Waals surface area contributed by atoms with Gasteiger partial charge in [-0.2, -0.15) is 0 Å². The second-order valence-corrected chi connectivity index (χ2v) is 5.88. The van der Waals surface area contributed by atoms with Crippen molar-refractivity contribution in [2.24, 2.45) is 0 Å². The summed E-state index contributed by atoms with van der Waals surface area (Å²) >= 11 is 1.30. The molecule has 1 N–H and O–H groups in total. The predicted molar refractivity (Wildman–Crippen MR) is 83.6 cm³/mol. The number of benzene rings is 2. The van der Waals surface area contributed by atoms with Crippen LogP contribution in [0.1, 0.15) is 31.9 Å². The predicted octanol–water partition coefficient (Wildman–Crippen LogP) is 5.18. The molecular formula is C17H19F2NS. The number of halogens is 2. The smallest absolute Gasteiger partial charge is 0.140 e. The molecule has 0 heterocycles. The Morgan fingerprint density at radius 1 is 1.05 bits per heavy atom. The first-order valence-corrected chi connectivity index (χ1v) is 7.92. The van der Waals surface area contributed by atoms with Gasteiger partial charge in [0.25, 0.3) is 0 Å². The van der Waals surface area contributed by atoms with E-state index in [1.807, 2.05) is 12.1 Å². The van der Waals surface area contributed by atoms with Crippen LogP contribution in [0.3, 0.4) is 0 Å². The molecule has 1 atom stereocenters. The maximum Gasteiger partial charge on any atom is 0.140 e. The zero-order chi connectivity index (χ0) is 15.2. The Bertz CT molecular complexity index is 584. The fourth-order valence-corrected chi connectivity index (χ4v) is 3.02. The third-order valence-corrected chi connectivity index (χ3v) is 4.32. The summed E-state index contributed by atoms with van der Waals surface area (Å²) in [4.78, 5) is 1.37. The van der Waals surface area contributed by atoms with Crippen LogP contribution in [-0.2, 0) is 0 Å². The lowest BCUT2D eigenvalue weighted by atomic mass is 10.1. The van der Waals surface area contributed by atoms with Gasteiger partial charge in [-0.3, -0.25) is 0 Å². The van der Waals surface area contributed by atoms with Crippen LogP contribution in [-0.4, -0.2) is 6.54 Å². The molecule has 0 bridgehead atoms. The van der Waals surface area contributed by atoms with E-state index >= 15 is 0 Å². The van der Waals surface area contributed by atoms with Gasteiger partial charge in [0.15, 0.2) is 0 Å². The minimum atomic E-state index is -0.552. The zero-order valence-corrected chi connectivity index (χ0v) is 13.0. The normalized spacial score (nSPS) is 12.4. The van der Waals surface area contributed by atoms with Crippen LogP contribution in [0.5, 0.6) is 0 Å². The molecule has 1 nitrogen and oxygen atoms in total. The average Bonchev–Trinajstić information content (AvgIpc) is 2.48. The van der Waals surface area contributed by atoms with Crippen LogP contribution in [0.2, 0.25) is 0 Å². The van der Waals surface area contributed by atoms with E-state index in [2.05, 4.69) is 31.3 Å². The van der Waals surface area contributed by atoms with Crippen LogP contribution in [0.15, 0.2) is 52.3 Å². The fourth-order valence-electron chi connectivity index (χ4n) is 2.20. The van der Waals surface area contributed by atoms with Gasteiger partial charge < -0.3 is 5.32 Å². The van der Waals surface area contributed by atoms with Crippen molar-refractivity contribution < 1.29 is 8.78 Å². The highest BCUT2D eigenvalue weighted by molar-refractivity contribution is 7.99. The van der Waals surface area contributed by atoms with Gasteiger partial charge in [-0.15, -0.1) is 0 Å². The molecule has 0 amide bonds. The molecular weight excluding hydrogens is 288 g/mol. The summed E-state index contributed by atoms with van der Waals surface area (Å²) in [6, 6.07) is 12.1. The molecule has 0 saturated heterocycles. The largest absolute Gasteiger partial charge is 0.310 e. The average molecular weight is 307 g/mol. The quantitative estimate of drug-likeness (QED) is 0.789. The second kappa shape index (κ2) is 7.57. The Morgan fingerprint density at radius 3 is 2.33 bits per heavy atom. The van der Waals surface area contributed by atoms with Crippen molar-refractivity contribution in [1.82, 2.24) is 5.32 Å². The molecule has 2 rings (SSSR count). The molecule has 21 heavy (non-hydrogen) atoms. The minimum absolute atomic E-state index is 0.344. The summed E-state index contributed by atoms with van der Waals surface area (Å²) < 4.78 is 26.5. The molecule has 1 unspecified atom stereocenters. The van der Waals surface area contributed by atoms with Crippen LogP contribution in [0.25, 0.3) is 0 Å². The summed E-state index contributed by atoms with van der Waals surface area (Å²) in [6.45, 7) is 5.16. The van der Waals surface area contributed by atoms with E-state index in [0.717, 1.165) is 23.9 Å². The van der Waals surface area contributed by atoms with Gasteiger partial charge in [0.2, 0.25) is 0 Å². The summed E-state index contributed by atoms with van der Waals surface area (Å²) in [5, 5.41) is 3.42. The lowest BCUT2D eigenvalue weighted by Crippen LogP contribution is -2.19. The molecule has 0 aliphatic heterocycles. The van der Waals surface area contributed by atoms with Crippen molar-refractivity contribution in [2.45, 2.75) is 36.1 Å². The van der Waals surface area contributed by atoms with Gasteiger partial charge in [0.1, 0.15) is 11.6 Å². The lowest BCUT2D eigenvalue weighted by molar-refractivity contribution is 0.537. The Morgan fingerprint density at radius 2 is 1.76 bits per heavy atom. The SMILES string of the molecule is CCNC(CC)c1ccc(Sc2ccc(F)cc2F)cc1. The standard InChI is InChI=1S/C17H19F2NS/c1-3-16(20-4-2)12-5-8-14(9-6-12)21-17-10-7-13(18)11-15(17)19/h5-11,16,20H,3-4H2,1-2H3. The molecule has 2 aromatic rings. The third-order valence-electron chi connectivity index (χ3n) is 3.26. The number of nitrogens with one attached hydrogen (secondary N) is 1. The molecule has 0 saturated carbocycles. The maximum atomic E-state index is 13.6. The van der Waals surface area contributed by atoms with Crippen molar-refractivity contribution in [2.75, 3.05) is 6.54 Å². The zero-order valence-electron chi connectivity index (χ0n) is 12.2. The molecule has 0 aromatic heterocycles. The van der Waals surface area contributed by atoms with Gasteiger partial charge >= 0.3 is 0 Å². The summed E-state index contributed by atoms with van der Waals surface area (Å²) in [5.41, 5.74) is 1.23. The van der Waals surface area contributed by atoms with Crippen LogP contribution < -0.4 is 5.32 Å². The monoisotopic (exact) mass is 307 g/mol. The lowest BCUT2D eigenvalue weighted by Gasteiger charge is -2.16. The Balaban J connectivity index is 2.11. The van der Waals surface area contributed by atoms with Crippen molar-refractivity contribution in [3.63, 3.8) is 0 Å². The van der Waals surface area contributed by atoms with Crippen LogP contribution in [0.4, 0.5) is 8.78 Å². The van der Waals surface area contributed by atoms with E-state index in [-0.39, 0.29) is 0 Å². The van der Waals surface area contributed by atoms with Gasteiger partial charge in [-0.25, -0.2) is 8.78 Å². The van der Waals surface area contributed by atoms with E-state index in [0.29, 0.717) is 10.9 Å². The van der Waals surface area contributed by atoms with E-state index in [1.165, 1.54) is 29.5 Å². The van der Waals surface area contributed by atoms with Gasteiger partial charge in [0, 0.05) is 21.9 Å². The van der Waals surface area contributed by atoms with E-state index < -0.39 is 11.6 Å². The Hall–Kier alpha value is -1.39. The third kappa shape index (κ3) is 4.29. The molecule has 0 fully saturated rings. The van der Waals surface area contributed by atoms with Crippen molar-refractivity contribution in [3.8, 4) is 0 Å². The summed E-state index contributed by atoms with van der Waals surface area (Å²) in [5.74, 6) is -1.08. The molecule has 0 spiro atoms. The maximum absolute atomic E-state index is 13.6. The van der Waals surface area contributed by atoms with Crippen LogP contribution >= 0.6 is 11.8 Å². The van der Waals surface area contributed by atoms with Gasteiger partial charge in [-0.1, -0.05) is 37.7 Å². The fraction of sp³-hybridized carbons (Fsp3) is 0.294. The molecule has 0 aliphatic carbocycles. The number of rotatable bonds is 6. The van der Waals surface area contributed by atoms with Crippen molar-refractivity contribution in [3.05, 3.63) is 59.7 Å². The van der Waals surface area contributed by atoms with E-state index in [1.54, 1.807) is 0 Å². The topological polar surface area (TPSA) is 12.0 Å². The Kier molecular flexibility index (Phi) is 5.76. The molecule has 0 radical (unpaired) electrons. The summed E-state index contributed by atoms with van der Waals surface area (Å²) in [6.07, 6.45) is 1.02. The minimum Gasteiger partial charge on any atom is -0.310 e.